The first-order valence-corrected chi connectivity index (χ1v) is 6.69. The summed E-state index contributed by atoms with van der Waals surface area (Å²) >= 11 is 4.03. The molecule has 2 rings (SSSR count). The molecule has 2 N–H and O–H groups in total. The highest BCUT2D eigenvalue weighted by Crippen LogP contribution is 2.27. The number of hydrogen-bond acceptors (Lipinski definition) is 2. The summed E-state index contributed by atoms with van der Waals surface area (Å²) in [6, 6.07) is 10.5. The number of benzene rings is 1. The predicted molar refractivity (Wildman–Crippen MR) is 74.2 cm³/mol. The van der Waals surface area contributed by atoms with Crippen molar-refractivity contribution in [3.8, 4) is 0 Å². The molecular formula is C12H12INS. The number of nitrogens with two attached hydrogens (primary N) is 1. The first-order chi connectivity index (χ1) is 7.18. The molecule has 0 aliphatic rings. The molecule has 78 valence electrons. The Morgan fingerprint density at radius 1 is 1.20 bits per heavy atom. The highest BCUT2D eigenvalue weighted by atomic mass is 127. The van der Waals surface area contributed by atoms with E-state index in [1.54, 1.807) is 11.3 Å². The van der Waals surface area contributed by atoms with Gasteiger partial charge in [0.1, 0.15) is 0 Å². The molecule has 0 aliphatic carbocycles. The van der Waals surface area contributed by atoms with Crippen molar-refractivity contribution in [2.24, 2.45) is 5.73 Å². The number of aryl methyl sites for hydroxylation is 1. The minimum Gasteiger partial charge on any atom is -0.320 e. The summed E-state index contributed by atoms with van der Waals surface area (Å²) in [5, 5.41) is 2.09. The van der Waals surface area contributed by atoms with Crippen molar-refractivity contribution in [1.82, 2.24) is 0 Å². The van der Waals surface area contributed by atoms with Gasteiger partial charge in [-0.3, -0.25) is 0 Å². The summed E-state index contributed by atoms with van der Waals surface area (Å²) in [6.45, 7) is 2.11. The average molecular weight is 329 g/mol. The molecule has 3 heteroatoms. The summed E-state index contributed by atoms with van der Waals surface area (Å²) in [7, 11) is 0. The Balaban J connectivity index is 2.32. The van der Waals surface area contributed by atoms with E-state index >= 15 is 0 Å². The van der Waals surface area contributed by atoms with Crippen LogP contribution in [0.25, 0.3) is 0 Å². The van der Waals surface area contributed by atoms with Gasteiger partial charge in [0.15, 0.2) is 0 Å². The van der Waals surface area contributed by atoms with Crippen LogP contribution in [0.5, 0.6) is 0 Å². The van der Waals surface area contributed by atoms with Crippen molar-refractivity contribution < 1.29 is 0 Å². The fourth-order valence-corrected chi connectivity index (χ4v) is 2.84. The summed E-state index contributed by atoms with van der Waals surface area (Å²) in [5.41, 5.74) is 8.68. The first kappa shape index (κ1) is 11.1. The minimum atomic E-state index is 0.0157. The average Bonchev–Trinajstić information content (AvgIpc) is 2.65. The van der Waals surface area contributed by atoms with E-state index in [1.807, 2.05) is 0 Å². The van der Waals surface area contributed by atoms with Crippen LogP contribution in [0.2, 0.25) is 0 Å². The fourth-order valence-electron chi connectivity index (χ4n) is 1.52. The zero-order valence-corrected chi connectivity index (χ0v) is 11.4. The molecule has 1 aromatic carbocycles. The van der Waals surface area contributed by atoms with Crippen LogP contribution in [0.1, 0.15) is 22.0 Å². The SMILES string of the molecule is Cc1ccsc1C(N)c1ccc(I)cc1. The van der Waals surface area contributed by atoms with Gasteiger partial charge in [-0.1, -0.05) is 12.1 Å². The highest BCUT2D eigenvalue weighted by Gasteiger charge is 2.12. The van der Waals surface area contributed by atoms with Crippen LogP contribution in [-0.2, 0) is 0 Å². The lowest BCUT2D eigenvalue weighted by Crippen LogP contribution is -2.11. The third-order valence-corrected chi connectivity index (χ3v) is 4.23. The third kappa shape index (κ3) is 2.41. The van der Waals surface area contributed by atoms with E-state index in [0.717, 1.165) is 0 Å². The molecule has 0 spiro atoms. The molecule has 1 unspecified atom stereocenters. The van der Waals surface area contributed by atoms with Crippen LogP contribution in [0.3, 0.4) is 0 Å². The van der Waals surface area contributed by atoms with Gasteiger partial charge in [-0.15, -0.1) is 11.3 Å². The Hall–Kier alpha value is -0.390. The van der Waals surface area contributed by atoms with E-state index in [-0.39, 0.29) is 6.04 Å². The lowest BCUT2D eigenvalue weighted by Gasteiger charge is -2.11. The second kappa shape index (κ2) is 4.63. The molecule has 0 aliphatic heterocycles. The summed E-state index contributed by atoms with van der Waals surface area (Å²) in [4.78, 5) is 1.26. The van der Waals surface area contributed by atoms with Crippen molar-refractivity contribution in [2.75, 3.05) is 0 Å². The molecule has 1 aromatic heterocycles. The first-order valence-electron chi connectivity index (χ1n) is 4.73. The molecule has 0 amide bonds. The molecular weight excluding hydrogens is 317 g/mol. The van der Waals surface area contributed by atoms with Crippen LogP contribution in [0, 0.1) is 10.5 Å². The standard InChI is InChI=1S/C12H12INS/c1-8-6-7-15-12(8)11(14)9-2-4-10(13)5-3-9/h2-7,11H,14H2,1H3. The van der Waals surface area contributed by atoms with E-state index in [4.69, 9.17) is 5.73 Å². The van der Waals surface area contributed by atoms with Crippen molar-refractivity contribution in [2.45, 2.75) is 13.0 Å². The van der Waals surface area contributed by atoms with Crippen molar-refractivity contribution >= 4 is 33.9 Å². The Labute approximate surface area is 107 Å². The topological polar surface area (TPSA) is 26.0 Å². The number of hydrogen-bond donors (Lipinski definition) is 1. The number of thiophene rings is 1. The Bertz CT molecular complexity index is 447. The summed E-state index contributed by atoms with van der Waals surface area (Å²) < 4.78 is 1.24. The van der Waals surface area contributed by atoms with Gasteiger partial charge in [0.2, 0.25) is 0 Å². The Kier molecular flexibility index (Phi) is 3.43. The van der Waals surface area contributed by atoms with Gasteiger partial charge in [-0.2, -0.15) is 0 Å². The quantitative estimate of drug-likeness (QED) is 0.835. The molecule has 1 heterocycles. The molecule has 1 nitrogen and oxygen atoms in total. The zero-order valence-electron chi connectivity index (χ0n) is 8.41. The van der Waals surface area contributed by atoms with E-state index in [2.05, 4.69) is 65.2 Å². The van der Waals surface area contributed by atoms with Gasteiger partial charge in [0, 0.05) is 8.45 Å². The second-order valence-electron chi connectivity index (χ2n) is 3.50. The van der Waals surface area contributed by atoms with Gasteiger partial charge >= 0.3 is 0 Å². The van der Waals surface area contributed by atoms with Crippen LogP contribution in [-0.4, -0.2) is 0 Å². The monoisotopic (exact) mass is 329 g/mol. The van der Waals surface area contributed by atoms with Gasteiger partial charge in [-0.05, 0) is 64.2 Å². The summed E-state index contributed by atoms with van der Waals surface area (Å²) in [6.07, 6.45) is 0. The van der Waals surface area contributed by atoms with Crippen LogP contribution < -0.4 is 5.73 Å². The molecule has 2 aromatic rings. The van der Waals surface area contributed by atoms with E-state index in [0.29, 0.717) is 0 Å². The van der Waals surface area contributed by atoms with Gasteiger partial charge < -0.3 is 5.73 Å². The molecule has 0 saturated carbocycles. The maximum Gasteiger partial charge on any atom is 0.0648 e. The van der Waals surface area contributed by atoms with E-state index < -0.39 is 0 Å². The fraction of sp³-hybridized carbons (Fsp3) is 0.167. The largest absolute Gasteiger partial charge is 0.320 e. The number of halogens is 1. The molecule has 0 fully saturated rings. The molecule has 1 atom stereocenters. The van der Waals surface area contributed by atoms with Gasteiger partial charge in [-0.25, -0.2) is 0 Å². The second-order valence-corrected chi connectivity index (χ2v) is 5.69. The Morgan fingerprint density at radius 3 is 2.40 bits per heavy atom. The molecule has 0 saturated heterocycles. The maximum absolute atomic E-state index is 6.22. The van der Waals surface area contributed by atoms with Crippen LogP contribution >= 0.6 is 33.9 Å². The molecule has 0 bridgehead atoms. The number of rotatable bonds is 2. The van der Waals surface area contributed by atoms with Gasteiger partial charge in [0.25, 0.3) is 0 Å². The van der Waals surface area contributed by atoms with Crippen LogP contribution in [0.4, 0.5) is 0 Å². The van der Waals surface area contributed by atoms with Gasteiger partial charge in [0.05, 0.1) is 6.04 Å². The van der Waals surface area contributed by atoms with E-state index in [1.165, 1.54) is 19.6 Å². The Morgan fingerprint density at radius 2 is 1.87 bits per heavy atom. The lowest BCUT2D eigenvalue weighted by atomic mass is 10.0. The maximum atomic E-state index is 6.22. The highest BCUT2D eigenvalue weighted by molar-refractivity contribution is 14.1. The predicted octanol–water partition coefficient (Wildman–Crippen LogP) is 3.71. The van der Waals surface area contributed by atoms with Crippen molar-refractivity contribution in [3.63, 3.8) is 0 Å². The molecule has 15 heavy (non-hydrogen) atoms. The van der Waals surface area contributed by atoms with Crippen molar-refractivity contribution in [3.05, 3.63) is 55.3 Å². The summed E-state index contributed by atoms with van der Waals surface area (Å²) in [5.74, 6) is 0. The van der Waals surface area contributed by atoms with E-state index in [9.17, 15) is 0 Å². The van der Waals surface area contributed by atoms with Crippen molar-refractivity contribution in [1.29, 1.82) is 0 Å². The minimum absolute atomic E-state index is 0.0157. The normalized spacial score (nSPS) is 12.7. The smallest absolute Gasteiger partial charge is 0.0648 e. The zero-order chi connectivity index (χ0) is 10.8. The lowest BCUT2D eigenvalue weighted by molar-refractivity contribution is 0.885. The third-order valence-electron chi connectivity index (χ3n) is 2.41. The molecule has 0 radical (unpaired) electrons. The van der Waals surface area contributed by atoms with Crippen LogP contribution in [0.15, 0.2) is 35.7 Å².